The highest BCUT2D eigenvalue weighted by Gasteiger charge is 2.49. The molecule has 1 aromatic heterocycles. The second kappa shape index (κ2) is 13.3. The molecule has 2 unspecified atom stereocenters. The molecule has 0 fully saturated rings. The predicted octanol–water partition coefficient (Wildman–Crippen LogP) is 15.2. The minimum Gasteiger partial charge on any atom is -0.455 e. The lowest BCUT2D eigenvalue weighted by atomic mass is 9.65. The molecular weight excluding hydrogens is 727 g/mol. The molecule has 0 saturated carbocycles. The molecule has 288 valence electrons. The van der Waals surface area contributed by atoms with Gasteiger partial charge in [-0.25, -0.2) is 0 Å². The Kier molecular flexibility index (Phi) is 7.78. The van der Waals surface area contributed by atoms with E-state index in [9.17, 15) is 0 Å². The molecule has 2 heteroatoms. The Morgan fingerprint density at radius 2 is 1.33 bits per heavy atom. The molecule has 60 heavy (non-hydrogen) atoms. The van der Waals surface area contributed by atoms with E-state index in [-0.39, 0.29) is 5.41 Å². The molecule has 0 spiro atoms. The summed E-state index contributed by atoms with van der Waals surface area (Å²) >= 11 is 0. The quantitative estimate of drug-likeness (QED) is 0.167. The highest BCUT2D eigenvalue weighted by Crippen LogP contribution is 2.61. The number of hydrogen-bond acceptors (Lipinski definition) is 2. The van der Waals surface area contributed by atoms with Crippen LogP contribution in [0.2, 0.25) is 0 Å². The van der Waals surface area contributed by atoms with Gasteiger partial charge in [-0.3, -0.25) is 0 Å². The fraction of sp³-hybridized carbons (Fsp3) is 0.138. The van der Waals surface area contributed by atoms with Gasteiger partial charge in [-0.2, -0.15) is 0 Å². The van der Waals surface area contributed by atoms with Gasteiger partial charge in [0, 0.05) is 44.7 Å². The first kappa shape index (κ1) is 35.1. The van der Waals surface area contributed by atoms with Crippen LogP contribution in [-0.2, 0) is 10.8 Å². The van der Waals surface area contributed by atoms with E-state index < -0.39 is 5.41 Å². The standard InChI is InChI=1S/C58H45NO/c1-57(2)50-24-14-12-22-45(50)46-32-30-43(36-52(46)57)59(42-28-26-39(27-29-42)38-16-6-3-7-17-38)44-31-33-49-53(37-44)58(40-18-8-4-9-19-40,41-20-10-5-11-21-41)51-35-34-48-47-23-13-15-25-54(47)60-56(48)55(49)51/h3-10,12-20,22-26,28-37,39H,11,21,27H2,1-2H3. The summed E-state index contributed by atoms with van der Waals surface area (Å²) in [7, 11) is 0. The van der Waals surface area contributed by atoms with Crippen molar-refractivity contribution < 1.29 is 4.42 Å². The first-order valence-corrected chi connectivity index (χ1v) is 21.5. The van der Waals surface area contributed by atoms with E-state index in [4.69, 9.17) is 4.42 Å². The fourth-order valence-electron chi connectivity index (χ4n) is 11.2. The summed E-state index contributed by atoms with van der Waals surface area (Å²) in [6.07, 6.45) is 17.1. The molecule has 4 aliphatic rings. The molecule has 0 bridgehead atoms. The van der Waals surface area contributed by atoms with Crippen molar-refractivity contribution in [2.75, 3.05) is 4.90 Å². The summed E-state index contributed by atoms with van der Waals surface area (Å²) in [6.45, 7) is 4.75. The number of allylic oxidation sites excluding steroid dienone is 7. The molecule has 0 amide bonds. The summed E-state index contributed by atoms with van der Waals surface area (Å²) in [5, 5.41) is 2.32. The second-order valence-electron chi connectivity index (χ2n) is 17.4. The monoisotopic (exact) mass is 771 g/mol. The zero-order valence-corrected chi connectivity index (χ0v) is 34.0. The highest BCUT2D eigenvalue weighted by atomic mass is 16.3. The molecule has 2 atom stereocenters. The van der Waals surface area contributed by atoms with Crippen molar-refractivity contribution in [2.24, 2.45) is 0 Å². The average molecular weight is 772 g/mol. The Morgan fingerprint density at radius 3 is 2.12 bits per heavy atom. The molecule has 0 aliphatic heterocycles. The van der Waals surface area contributed by atoms with Gasteiger partial charge in [-0.05, 0) is 106 Å². The molecule has 2 nitrogen and oxygen atoms in total. The lowest BCUT2D eigenvalue weighted by Gasteiger charge is -2.37. The number of nitrogens with zero attached hydrogens (tertiary/aromatic N) is 1. The molecule has 0 radical (unpaired) electrons. The Balaban J connectivity index is 1.11. The van der Waals surface area contributed by atoms with Crippen LogP contribution < -0.4 is 4.90 Å². The third-order valence-electron chi connectivity index (χ3n) is 14.0. The normalized spacial score (nSPS) is 19.4. The van der Waals surface area contributed by atoms with Crippen LogP contribution in [0.4, 0.5) is 11.4 Å². The van der Waals surface area contributed by atoms with E-state index in [2.05, 4.69) is 213 Å². The number of para-hydroxylation sites is 1. The van der Waals surface area contributed by atoms with Gasteiger partial charge >= 0.3 is 0 Å². The van der Waals surface area contributed by atoms with Crippen molar-refractivity contribution in [2.45, 2.75) is 49.9 Å². The molecule has 0 saturated heterocycles. The summed E-state index contributed by atoms with van der Waals surface area (Å²) in [5.41, 5.74) is 19.3. The third-order valence-corrected chi connectivity index (χ3v) is 14.0. The minimum absolute atomic E-state index is 0.121. The summed E-state index contributed by atoms with van der Waals surface area (Å²) in [5.74, 6) is 0.336. The molecule has 7 aromatic carbocycles. The van der Waals surface area contributed by atoms with Crippen LogP contribution in [0.5, 0.6) is 0 Å². The van der Waals surface area contributed by atoms with Crippen LogP contribution in [0.1, 0.15) is 72.4 Å². The number of anilines is 2. The van der Waals surface area contributed by atoms with E-state index in [1.54, 1.807) is 0 Å². The van der Waals surface area contributed by atoms with Crippen molar-refractivity contribution in [3.8, 4) is 22.3 Å². The molecular formula is C58H45NO. The molecule has 8 aromatic rings. The van der Waals surface area contributed by atoms with Crippen molar-refractivity contribution in [1.29, 1.82) is 0 Å². The van der Waals surface area contributed by atoms with Crippen LogP contribution >= 0.6 is 0 Å². The van der Waals surface area contributed by atoms with Gasteiger partial charge in [0.05, 0.1) is 5.41 Å². The van der Waals surface area contributed by atoms with E-state index >= 15 is 0 Å². The van der Waals surface area contributed by atoms with Crippen LogP contribution in [0.25, 0.3) is 44.2 Å². The van der Waals surface area contributed by atoms with Gasteiger partial charge in [0.25, 0.3) is 0 Å². The zero-order valence-electron chi connectivity index (χ0n) is 34.0. The Bertz CT molecular complexity index is 3160. The molecule has 4 aliphatic carbocycles. The Labute approximate surface area is 352 Å². The Morgan fingerprint density at radius 1 is 0.617 bits per heavy atom. The molecule has 12 rings (SSSR count). The van der Waals surface area contributed by atoms with Crippen LogP contribution in [0.3, 0.4) is 0 Å². The highest BCUT2D eigenvalue weighted by molar-refractivity contribution is 6.12. The summed E-state index contributed by atoms with van der Waals surface area (Å²) < 4.78 is 6.88. The third kappa shape index (κ3) is 5.00. The van der Waals surface area contributed by atoms with E-state index in [1.165, 1.54) is 72.6 Å². The van der Waals surface area contributed by atoms with E-state index in [0.717, 1.165) is 46.9 Å². The first-order chi connectivity index (χ1) is 29.5. The van der Waals surface area contributed by atoms with Crippen molar-refractivity contribution >= 4 is 33.3 Å². The Hall–Kier alpha value is -6.90. The van der Waals surface area contributed by atoms with Gasteiger partial charge in [0.2, 0.25) is 0 Å². The number of benzene rings is 7. The van der Waals surface area contributed by atoms with Gasteiger partial charge in [-0.15, -0.1) is 0 Å². The van der Waals surface area contributed by atoms with E-state index in [0.29, 0.717) is 5.92 Å². The second-order valence-corrected chi connectivity index (χ2v) is 17.4. The maximum absolute atomic E-state index is 6.88. The van der Waals surface area contributed by atoms with Crippen molar-refractivity contribution in [3.63, 3.8) is 0 Å². The first-order valence-electron chi connectivity index (χ1n) is 21.5. The van der Waals surface area contributed by atoms with Gasteiger partial charge < -0.3 is 9.32 Å². The summed E-state index contributed by atoms with van der Waals surface area (Å²) in [6, 6.07) is 58.7. The minimum atomic E-state index is -0.512. The topological polar surface area (TPSA) is 16.4 Å². The van der Waals surface area contributed by atoms with Gasteiger partial charge in [0.1, 0.15) is 11.2 Å². The fourth-order valence-corrected chi connectivity index (χ4v) is 11.2. The number of hydrogen-bond donors (Lipinski definition) is 0. The SMILES string of the molecule is CC1(C)c2ccccc2-c2ccc(N(C3=CCC(c4ccccc4)C=C3)c3ccc4c(c3)C(C3=CC=CCC3)(c3ccccc3)c3ccc5c(oc6ccccc65)c3-4)cc21. The maximum Gasteiger partial charge on any atom is 0.143 e. The van der Waals surface area contributed by atoms with E-state index in [1.807, 2.05) is 0 Å². The van der Waals surface area contributed by atoms with Crippen LogP contribution in [0, 0.1) is 0 Å². The molecule has 0 N–H and O–H groups in total. The average Bonchev–Trinajstić information content (AvgIpc) is 3.91. The van der Waals surface area contributed by atoms with Crippen LogP contribution in [-0.4, -0.2) is 0 Å². The number of rotatable bonds is 6. The number of fused-ring (bicyclic) bond motifs is 10. The largest absolute Gasteiger partial charge is 0.455 e. The predicted molar refractivity (Wildman–Crippen MR) is 249 cm³/mol. The smallest absolute Gasteiger partial charge is 0.143 e. The van der Waals surface area contributed by atoms with Gasteiger partial charge in [-0.1, -0.05) is 177 Å². The number of furan rings is 1. The lowest BCUT2D eigenvalue weighted by molar-refractivity contribution is 0.660. The van der Waals surface area contributed by atoms with Gasteiger partial charge in [0.15, 0.2) is 0 Å². The maximum atomic E-state index is 6.88. The van der Waals surface area contributed by atoms with Crippen molar-refractivity contribution in [3.05, 3.63) is 239 Å². The zero-order chi connectivity index (χ0) is 40.0. The molecule has 1 heterocycles. The van der Waals surface area contributed by atoms with Crippen LogP contribution in [0.15, 0.2) is 210 Å². The van der Waals surface area contributed by atoms with Crippen molar-refractivity contribution in [1.82, 2.24) is 0 Å². The lowest BCUT2D eigenvalue weighted by Crippen LogP contribution is -2.30. The summed E-state index contributed by atoms with van der Waals surface area (Å²) in [4.78, 5) is 2.52.